The van der Waals surface area contributed by atoms with Gasteiger partial charge in [-0.3, -0.25) is 4.79 Å². The molecular formula is C19H30N2O3S. The zero-order valence-corrected chi connectivity index (χ0v) is 16.4. The molecular weight excluding hydrogens is 336 g/mol. The Bertz CT molecular complexity index is 553. The normalized spacial score (nSPS) is 18.0. The zero-order valence-electron chi connectivity index (χ0n) is 15.5. The first-order valence-corrected chi connectivity index (χ1v) is 10.3. The summed E-state index contributed by atoms with van der Waals surface area (Å²) in [5.41, 5.74) is 0.523. The van der Waals surface area contributed by atoms with Crippen LogP contribution >= 0.6 is 11.8 Å². The Morgan fingerprint density at radius 3 is 2.92 bits per heavy atom. The van der Waals surface area contributed by atoms with Gasteiger partial charge in [-0.25, -0.2) is 0 Å². The second-order valence-corrected chi connectivity index (χ2v) is 7.39. The maximum atomic E-state index is 12.6. The van der Waals surface area contributed by atoms with E-state index in [9.17, 15) is 4.79 Å². The molecule has 0 radical (unpaired) electrons. The summed E-state index contributed by atoms with van der Waals surface area (Å²) in [7, 11) is 3.13. The van der Waals surface area contributed by atoms with Crippen LogP contribution in [0.1, 0.15) is 29.6 Å². The zero-order chi connectivity index (χ0) is 18.1. The van der Waals surface area contributed by atoms with Crippen LogP contribution in [0.15, 0.2) is 18.2 Å². The number of piperidine rings is 1. The fourth-order valence-electron chi connectivity index (χ4n) is 3.35. The molecule has 1 atom stereocenters. The first-order chi connectivity index (χ1) is 12.2. The van der Waals surface area contributed by atoms with Crippen LogP contribution in [0.5, 0.6) is 11.5 Å². The molecule has 1 aromatic carbocycles. The van der Waals surface area contributed by atoms with E-state index in [-0.39, 0.29) is 5.91 Å². The van der Waals surface area contributed by atoms with Gasteiger partial charge in [0.05, 0.1) is 19.8 Å². The van der Waals surface area contributed by atoms with Crippen molar-refractivity contribution in [2.24, 2.45) is 5.92 Å². The number of hydrogen-bond donors (Lipinski definition) is 1. The number of benzene rings is 1. The van der Waals surface area contributed by atoms with Crippen LogP contribution in [0.2, 0.25) is 0 Å². The van der Waals surface area contributed by atoms with E-state index in [1.54, 1.807) is 26.4 Å². The van der Waals surface area contributed by atoms with Gasteiger partial charge in [-0.2, -0.15) is 11.8 Å². The maximum Gasteiger partial charge on any atom is 0.255 e. The van der Waals surface area contributed by atoms with E-state index < -0.39 is 0 Å². The van der Waals surface area contributed by atoms with E-state index in [2.05, 4.69) is 16.5 Å². The lowest BCUT2D eigenvalue weighted by Gasteiger charge is -2.32. The molecule has 140 valence electrons. The summed E-state index contributed by atoms with van der Waals surface area (Å²) in [6, 6.07) is 5.37. The molecule has 25 heavy (non-hydrogen) atoms. The molecule has 0 bridgehead atoms. The first kappa shape index (κ1) is 19.9. The molecule has 2 rings (SSSR count). The third-order valence-corrected chi connectivity index (χ3v) is 5.32. The Hall–Kier alpha value is -1.40. The van der Waals surface area contributed by atoms with Gasteiger partial charge < -0.3 is 19.7 Å². The van der Waals surface area contributed by atoms with Gasteiger partial charge in [0.25, 0.3) is 5.91 Å². The number of carbonyl (C=O) groups excluding carboxylic acids is 1. The van der Waals surface area contributed by atoms with Gasteiger partial charge in [-0.05, 0) is 62.4 Å². The average molecular weight is 367 g/mol. The van der Waals surface area contributed by atoms with Crippen molar-refractivity contribution in [3.63, 3.8) is 0 Å². The number of thioether (sulfide) groups is 1. The van der Waals surface area contributed by atoms with Crippen molar-refractivity contribution >= 4 is 17.7 Å². The molecule has 1 saturated heterocycles. The summed E-state index contributed by atoms with van der Waals surface area (Å²) in [4.78, 5) is 15.1. The van der Waals surface area contributed by atoms with Crippen molar-refractivity contribution in [1.29, 1.82) is 0 Å². The van der Waals surface area contributed by atoms with Crippen LogP contribution < -0.4 is 14.8 Å². The van der Waals surface area contributed by atoms with Gasteiger partial charge >= 0.3 is 0 Å². The van der Waals surface area contributed by atoms with E-state index in [0.29, 0.717) is 29.5 Å². The van der Waals surface area contributed by atoms with Gasteiger partial charge in [0, 0.05) is 13.1 Å². The number of nitrogens with zero attached hydrogens (tertiary/aromatic N) is 1. The summed E-state index contributed by atoms with van der Waals surface area (Å²) < 4.78 is 10.6. The number of nitrogens with one attached hydrogen (secondary N) is 1. The first-order valence-electron chi connectivity index (χ1n) is 8.90. The van der Waals surface area contributed by atoms with Crippen LogP contribution in [-0.2, 0) is 0 Å². The Kier molecular flexibility index (Phi) is 8.41. The number of amides is 1. The Morgan fingerprint density at radius 2 is 2.20 bits per heavy atom. The Labute approximate surface area is 155 Å². The number of methoxy groups -OCH3 is 2. The number of rotatable bonds is 9. The topological polar surface area (TPSA) is 50.8 Å². The fourth-order valence-corrected chi connectivity index (χ4v) is 3.77. The third-order valence-electron chi connectivity index (χ3n) is 4.62. The molecule has 1 aromatic rings. The van der Waals surface area contributed by atoms with Gasteiger partial charge in [0.1, 0.15) is 0 Å². The van der Waals surface area contributed by atoms with Crippen molar-refractivity contribution in [2.45, 2.75) is 19.3 Å². The largest absolute Gasteiger partial charge is 0.493 e. The highest BCUT2D eigenvalue weighted by molar-refractivity contribution is 7.98. The number of ether oxygens (including phenoxy) is 2. The molecule has 1 aliphatic heterocycles. The predicted octanol–water partition coefficient (Wildman–Crippen LogP) is 2.90. The Morgan fingerprint density at radius 1 is 1.36 bits per heavy atom. The minimum atomic E-state index is -0.102. The number of carbonyl (C=O) groups is 1. The van der Waals surface area contributed by atoms with E-state index in [4.69, 9.17) is 9.47 Å². The third kappa shape index (κ3) is 5.82. The number of hydrogen-bond acceptors (Lipinski definition) is 5. The quantitative estimate of drug-likeness (QED) is 0.681. The molecule has 1 heterocycles. The molecule has 1 fully saturated rings. The summed E-state index contributed by atoms with van der Waals surface area (Å²) in [5.74, 6) is 2.70. The van der Waals surface area contributed by atoms with Crippen molar-refractivity contribution in [1.82, 2.24) is 10.2 Å². The Balaban J connectivity index is 1.87. The molecule has 1 amide bonds. The molecule has 0 saturated carbocycles. The highest BCUT2D eigenvalue weighted by Crippen LogP contribution is 2.30. The van der Waals surface area contributed by atoms with Crippen LogP contribution in [-0.4, -0.2) is 63.2 Å². The van der Waals surface area contributed by atoms with E-state index in [1.807, 2.05) is 17.8 Å². The molecule has 0 aliphatic carbocycles. The molecule has 0 aromatic heterocycles. The van der Waals surface area contributed by atoms with Crippen LogP contribution in [0, 0.1) is 5.92 Å². The highest BCUT2D eigenvalue weighted by Gasteiger charge is 2.21. The molecule has 1 N–H and O–H groups in total. The summed E-state index contributed by atoms with van der Waals surface area (Å²) in [5, 5.41) is 3.08. The van der Waals surface area contributed by atoms with E-state index in [0.717, 1.165) is 13.1 Å². The maximum absolute atomic E-state index is 12.6. The van der Waals surface area contributed by atoms with Crippen LogP contribution in [0.4, 0.5) is 0 Å². The van der Waals surface area contributed by atoms with Crippen LogP contribution in [0.25, 0.3) is 0 Å². The molecule has 5 nitrogen and oxygen atoms in total. The highest BCUT2D eigenvalue weighted by atomic mass is 32.2. The molecule has 1 unspecified atom stereocenters. The predicted molar refractivity (Wildman–Crippen MR) is 104 cm³/mol. The van der Waals surface area contributed by atoms with Gasteiger partial charge in [0.15, 0.2) is 11.5 Å². The van der Waals surface area contributed by atoms with Crippen molar-refractivity contribution < 1.29 is 14.3 Å². The monoisotopic (exact) mass is 366 g/mol. The molecule has 6 heteroatoms. The SMILES string of the molecule is COc1cccc(C(=O)NCC2CCCN(CCCSC)C2)c1OC. The minimum absolute atomic E-state index is 0.102. The molecule has 0 spiro atoms. The summed E-state index contributed by atoms with van der Waals surface area (Å²) in [6.07, 6.45) is 5.78. The summed E-state index contributed by atoms with van der Waals surface area (Å²) in [6.45, 7) is 4.12. The lowest BCUT2D eigenvalue weighted by Crippen LogP contribution is -2.41. The van der Waals surface area contributed by atoms with Crippen LogP contribution in [0.3, 0.4) is 0 Å². The van der Waals surface area contributed by atoms with Crippen molar-refractivity contribution in [3.8, 4) is 11.5 Å². The van der Waals surface area contributed by atoms with Crippen molar-refractivity contribution in [3.05, 3.63) is 23.8 Å². The van der Waals surface area contributed by atoms with E-state index in [1.165, 1.54) is 31.6 Å². The lowest BCUT2D eigenvalue weighted by molar-refractivity contribution is 0.0929. The van der Waals surface area contributed by atoms with Gasteiger partial charge in [-0.15, -0.1) is 0 Å². The minimum Gasteiger partial charge on any atom is -0.493 e. The smallest absolute Gasteiger partial charge is 0.255 e. The fraction of sp³-hybridized carbons (Fsp3) is 0.632. The molecule has 1 aliphatic rings. The van der Waals surface area contributed by atoms with Gasteiger partial charge in [0.2, 0.25) is 0 Å². The lowest BCUT2D eigenvalue weighted by atomic mass is 9.97. The number of para-hydroxylation sites is 1. The van der Waals surface area contributed by atoms with Crippen molar-refractivity contribution in [2.75, 3.05) is 52.4 Å². The average Bonchev–Trinajstić information content (AvgIpc) is 2.66. The van der Waals surface area contributed by atoms with Gasteiger partial charge in [-0.1, -0.05) is 6.07 Å². The number of likely N-dealkylation sites (tertiary alicyclic amines) is 1. The second kappa shape index (κ2) is 10.6. The summed E-state index contributed by atoms with van der Waals surface area (Å²) >= 11 is 1.90. The van der Waals surface area contributed by atoms with E-state index >= 15 is 0 Å². The standard InChI is InChI=1S/C19H30N2O3S/c1-23-17-9-4-8-16(18(17)24-2)19(22)20-13-15-7-5-10-21(14-15)11-6-12-25-3/h4,8-9,15H,5-7,10-14H2,1-3H3,(H,20,22). The second-order valence-electron chi connectivity index (χ2n) is 6.41.